The number of aromatic hydroxyl groups is 1. The van der Waals surface area contributed by atoms with Crippen molar-refractivity contribution in [3.8, 4) is 5.75 Å². The highest BCUT2D eigenvalue weighted by Gasteiger charge is 2.19. The van der Waals surface area contributed by atoms with Crippen LogP contribution in [0, 0.1) is 0 Å². The van der Waals surface area contributed by atoms with E-state index < -0.39 is 0 Å². The Hall–Kier alpha value is -1.55. The van der Waals surface area contributed by atoms with E-state index in [4.69, 9.17) is 5.73 Å². The molecule has 0 fully saturated rings. The summed E-state index contributed by atoms with van der Waals surface area (Å²) in [5.74, 6) is -0.0366. The molecular weight excluding hydrogens is 228 g/mol. The van der Waals surface area contributed by atoms with Gasteiger partial charge in [-0.2, -0.15) is 0 Å². The Balaban J connectivity index is 2.68. The standard InChI is InChI=1S/C14H22N2O2/c1-10(2)16(9-14(15)18)11(3)8-12-4-6-13(17)7-5-12/h4-7,10-11,17H,8-9H2,1-3H3,(H2,15,18). The predicted molar refractivity (Wildman–Crippen MR) is 72.3 cm³/mol. The van der Waals surface area contributed by atoms with Gasteiger partial charge < -0.3 is 10.8 Å². The van der Waals surface area contributed by atoms with Crippen molar-refractivity contribution in [3.63, 3.8) is 0 Å². The van der Waals surface area contributed by atoms with Crippen molar-refractivity contribution in [2.24, 2.45) is 5.73 Å². The number of hydrogen-bond acceptors (Lipinski definition) is 3. The van der Waals surface area contributed by atoms with Crippen molar-refractivity contribution in [3.05, 3.63) is 29.8 Å². The fraction of sp³-hybridized carbons (Fsp3) is 0.500. The van der Waals surface area contributed by atoms with Gasteiger partial charge in [-0.05, 0) is 44.9 Å². The number of nitrogens with two attached hydrogens (primary N) is 1. The van der Waals surface area contributed by atoms with Gasteiger partial charge in [0.15, 0.2) is 0 Å². The van der Waals surface area contributed by atoms with Crippen molar-refractivity contribution in [1.29, 1.82) is 0 Å². The minimum Gasteiger partial charge on any atom is -0.508 e. The molecule has 4 nitrogen and oxygen atoms in total. The molecule has 0 aliphatic heterocycles. The summed E-state index contributed by atoms with van der Waals surface area (Å²) in [5, 5.41) is 9.24. The number of benzene rings is 1. The van der Waals surface area contributed by atoms with Crippen LogP contribution in [0.5, 0.6) is 5.75 Å². The van der Waals surface area contributed by atoms with Crippen LogP contribution < -0.4 is 5.73 Å². The third kappa shape index (κ3) is 4.37. The van der Waals surface area contributed by atoms with E-state index >= 15 is 0 Å². The van der Waals surface area contributed by atoms with Gasteiger partial charge in [0, 0.05) is 12.1 Å². The summed E-state index contributed by atoms with van der Waals surface area (Å²) in [5.41, 5.74) is 6.40. The molecule has 1 atom stereocenters. The second kappa shape index (κ2) is 6.40. The van der Waals surface area contributed by atoms with Crippen LogP contribution in [0.25, 0.3) is 0 Å². The molecule has 1 unspecified atom stereocenters. The highest BCUT2D eigenvalue weighted by atomic mass is 16.3. The van der Waals surface area contributed by atoms with Gasteiger partial charge in [0.2, 0.25) is 5.91 Å². The van der Waals surface area contributed by atoms with E-state index in [1.54, 1.807) is 12.1 Å². The Kier molecular flexibility index (Phi) is 5.16. The van der Waals surface area contributed by atoms with E-state index in [1.165, 1.54) is 0 Å². The Bertz CT molecular complexity index is 387. The third-order valence-corrected chi connectivity index (χ3v) is 3.04. The SMILES string of the molecule is CC(C)N(CC(N)=O)C(C)Cc1ccc(O)cc1. The molecule has 4 heteroatoms. The molecule has 0 aliphatic carbocycles. The number of phenolic OH excluding ortho intramolecular Hbond substituents is 1. The lowest BCUT2D eigenvalue weighted by Crippen LogP contribution is -2.45. The van der Waals surface area contributed by atoms with Crippen LogP contribution >= 0.6 is 0 Å². The number of nitrogens with zero attached hydrogens (tertiary/aromatic N) is 1. The maximum atomic E-state index is 11.1. The van der Waals surface area contributed by atoms with Gasteiger partial charge in [0.05, 0.1) is 6.54 Å². The Morgan fingerprint density at radius 1 is 1.28 bits per heavy atom. The monoisotopic (exact) mass is 250 g/mol. The Morgan fingerprint density at radius 3 is 2.28 bits per heavy atom. The molecule has 100 valence electrons. The molecule has 1 amide bonds. The molecule has 0 radical (unpaired) electrons. The summed E-state index contributed by atoms with van der Waals surface area (Å²) in [6.07, 6.45) is 0.825. The average Bonchev–Trinajstić information content (AvgIpc) is 2.28. The van der Waals surface area contributed by atoms with Gasteiger partial charge in [-0.1, -0.05) is 12.1 Å². The number of hydrogen-bond donors (Lipinski definition) is 2. The first kappa shape index (κ1) is 14.5. The topological polar surface area (TPSA) is 66.6 Å². The van der Waals surface area contributed by atoms with Crippen molar-refractivity contribution in [2.75, 3.05) is 6.54 Å². The summed E-state index contributed by atoms with van der Waals surface area (Å²) in [4.78, 5) is 13.1. The van der Waals surface area contributed by atoms with Crippen LogP contribution in [0.2, 0.25) is 0 Å². The van der Waals surface area contributed by atoms with E-state index in [9.17, 15) is 9.90 Å². The summed E-state index contributed by atoms with van der Waals surface area (Å²) in [6, 6.07) is 7.64. The summed E-state index contributed by atoms with van der Waals surface area (Å²) in [7, 11) is 0. The smallest absolute Gasteiger partial charge is 0.231 e. The van der Waals surface area contributed by atoms with Crippen molar-refractivity contribution in [1.82, 2.24) is 4.90 Å². The van der Waals surface area contributed by atoms with E-state index in [-0.39, 0.29) is 30.3 Å². The quantitative estimate of drug-likeness (QED) is 0.804. The number of rotatable bonds is 6. The van der Waals surface area contributed by atoms with Gasteiger partial charge in [-0.3, -0.25) is 9.69 Å². The molecule has 3 N–H and O–H groups in total. The van der Waals surface area contributed by atoms with E-state index in [1.807, 2.05) is 12.1 Å². The molecule has 18 heavy (non-hydrogen) atoms. The fourth-order valence-corrected chi connectivity index (χ4v) is 2.12. The van der Waals surface area contributed by atoms with Crippen LogP contribution in [-0.4, -0.2) is 34.5 Å². The van der Waals surface area contributed by atoms with Gasteiger partial charge in [0.1, 0.15) is 5.75 Å². The lowest BCUT2D eigenvalue weighted by atomic mass is 10.0. The number of phenols is 1. The van der Waals surface area contributed by atoms with Gasteiger partial charge in [-0.25, -0.2) is 0 Å². The first-order chi connectivity index (χ1) is 8.40. The summed E-state index contributed by atoms with van der Waals surface area (Å²) < 4.78 is 0. The number of amides is 1. The second-order valence-electron chi connectivity index (χ2n) is 4.95. The van der Waals surface area contributed by atoms with Crippen molar-refractivity contribution in [2.45, 2.75) is 39.3 Å². The van der Waals surface area contributed by atoms with Gasteiger partial charge >= 0.3 is 0 Å². The maximum absolute atomic E-state index is 11.1. The zero-order valence-corrected chi connectivity index (χ0v) is 11.3. The molecular formula is C14H22N2O2. The molecule has 1 aromatic carbocycles. The average molecular weight is 250 g/mol. The van der Waals surface area contributed by atoms with Gasteiger partial charge in [0.25, 0.3) is 0 Å². The molecule has 0 heterocycles. The third-order valence-electron chi connectivity index (χ3n) is 3.04. The lowest BCUT2D eigenvalue weighted by molar-refractivity contribution is -0.120. The zero-order chi connectivity index (χ0) is 13.7. The minimum absolute atomic E-state index is 0.224. The van der Waals surface area contributed by atoms with Gasteiger partial charge in [-0.15, -0.1) is 0 Å². The van der Waals surface area contributed by atoms with Crippen LogP contribution in [-0.2, 0) is 11.2 Å². The molecule has 0 aromatic heterocycles. The molecule has 0 bridgehead atoms. The fourth-order valence-electron chi connectivity index (χ4n) is 2.12. The number of carbonyl (C=O) groups excluding carboxylic acids is 1. The Morgan fingerprint density at radius 2 is 1.83 bits per heavy atom. The molecule has 1 aromatic rings. The minimum atomic E-state index is -0.304. The van der Waals surface area contributed by atoms with Crippen molar-refractivity contribution < 1.29 is 9.90 Å². The molecule has 0 saturated heterocycles. The van der Waals surface area contributed by atoms with E-state index in [2.05, 4.69) is 25.7 Å². The molecule has 0 aliphatic rings. The number of primary amides is 1. The zero-order valence-electron chi connectivity index (χ0n) is 11.3. The first-order valence-corrected chi connectivity index (χ1v) is 6.22. The summed E-state index contributed by atoms with van der Waals surface area (Å²) in [6.45, 7) is 6.46. The van der Waals surface area contributed by atoms with E-state index in [0.29, 0.717) is 0 Å². The van der Waals surface area contributed by atoms with Crippen LogP contribution in [0.3, 0.4) is 0 Å². The molecule has 0 saturated carbocycles. The van der Waals surface area contributed by atoms with Crippen LogP contribution in [0.15, 0.2) is 24.3 Å². The maximum Gasteiger partial charge on any atom is 0.231 e. The normalized spacial score (nSPS) is 12.9. The largest absolute Gasteiger partial charge is 0.508 e. The van der Waals surface area contributed by atoms with Crippen molar-refractivity contribution >= 4 is 5.91 Å². The summed E-state index contributed by atoms with van der Waals surface area (Å²) >= 11 is 0. The Labute approximate surface area is 108 Å². The molecule has 0 spiro atoms. The second-order valence-corrected chi connectivity index (χ2v) is 4.95. The number of carbonyl (C=O) groups is 1. The predicted octanol–water partition coefficient (Wildman–Crippen LogP) is 1.52. The van der Waals surface area contributed by atoms with Crippen LogP contribution in [0.1, 0.15) is 26.3 Å². The first-order valence-electron chi connectivity index (χ1n) is 6.22. The molecule has 1 rings (SSSR count). The van der Waals surface area contributed by atoms with E-state index in [0.717, 1.165) is 12.0 Å². The highest BCUT2D eigenvalue weighted by Crippen LogP contribution is 2.14. The van der Waals surface area contributed by atoms with Crippen LogP contribution in [0.4, 0.5) is 0 Å². The highest BCUT2D eigenvalue weighted by molar-refractivity contribution is 5.76. The lowest BCUT2D eigenvalue weighted by Gasteiger charge is -2.31.